The van der Waals surface area contributed by atoms with E-state index in [1.807, 2.05) is 0 Å². The van der Waals surface area contributed by atoms with Gasteiger partial charge in [0.2, 0.25) is 6.34 Å². The first-order chi connectivity index (χ1) is 24.3. The van der Waals surface area contributed by atoms with Crippen LogP contribution in [0.3, 0.4) is 0 Å². The molecule has 0 spiro atoms. The summed E-state index contributed by atoms with van der Waals surface area (Å²) in [5.41, 5.74) is 8.02. The molecule has 0 saturated heterocycles. The van der Waals surface area contributed by atoms with Crippen LogP contribution in [-0.4, -0.2) is 36.2 Å². The molecule has 1 aliphatic heterocycles. The fourth-order valence-corrected chi connectivity index (χ4v) is 7.04. The maximum Gasteiger partial charge on any atom is 0.673 e. The van der Waals surface area contributed by atoms with Crippen molar-refractivity contribution in [3.8, 4) is 0 Å². The first-order valence-corrected chi connectivity index (χ1v) is 16.9. The molecule has 6 aromatic carbocycles. The normalized spacial score (nSPS) is 15.8. The van der Waals surface area contributed by atoms with E-state index in [2.05, 4.69) is 198 Å². The molecule has 50 heavy (non-hydrogen) atoms. The Bertz CT molecular complexity index is 1820. The highest BCUT2D eigenvalue weighted by Crippen LogP contribution is 2.43. The van der Waals surface area contributed by atoms with Crippen molar-refractivity contribution in [2.45, 2.75) is 23.9 Å². The molecule has 1 aliphatic rings. The second-order valence-corrected chi connectivity index (χ2v) is 12.5. The summed E-state index contributed by atoms with van der Waals surface area (Å²) in [6.45, 7) is 1.74. The highest BCUT2D eigenvalue weighted by Gasteiger charge is 2.45. The first kappa shape index (κ1) is 34.4. The molecule has 0 amide bonds. The standard InChI is InChI=1S/C43H39N2.BF4/c1-7-19-34(20-8-1)40(35-21-9-2-10-22-35)31-44-33-45(32-41(36-23-11-3-12-24-36)37-25-13-4-14-26-37)43(39-29-17-6-18-30-39)42(44)38-27-15-5-16-28-38;2-1(3,4)5/h1-30,33,40-43H,31-32H2;/q+1;-1/t42-,43-;/m0./s1. The van der Waals surface area contributed by atoms with E-state index in [1.54, 1.807) is 0 Å². The van der Waals surface area contributed by atoms with Crippen molar-refractivity contribution in [3.63, 3.8) is 0 Å². The molecule has 0 N–H and O–H groups in total. The van der Waals surface area contributed by atoms with Gasteiger partial charge in [-0.3, -0.25) is 9.48 Å². The smallest absolute Gasteiger partial charge is 0.418 e. The summed E-state index contributed by atoms with van der Waals surface area (Å²) in [6, 6.07) is 66.4. The summed E-state index contributed by atoms with van der Waals surface area (Å²) in [5.74, 6) is 0.454. The quantitative estimate of drug-likeness (QED) is 0.0799. The summed E-state index contributed by atoms with van der Waals surface area (Å²) < 4.78 is 41.6. The Morgan fingerprint density at radius 1 is 0.460 bits per heavy atom. The van der Waals surface area contributed by atoms with Crippen LogP contribution < -0.4 is 0 Å². The van der Waals surface area contributed by atoms with E-state index in [1.165, 1.54) is 33.4 Å². The molecule has 0 aromatic heterocycles. The van der Waals surface area contributed by atoms with E-state index < -0.39 is 7.25 Å². The Kier molecular flexibility index (Phi) is 11.2. The molecule has 0 radical (unpaired) electrons. The summed E-state index contributed by atoms with van der Waals surface area (Å²) in [6.07, 6.45) is 2.44. The van der Waals surface area contributed by atoms with Crippen molar-refractivity contribution < 1.29 is 21.8 Å². The SMILES string of the molecule is C1=[N+](CC(c2ccccc2)c2ccccc2)[C@@H](c2ccccc2)[C@H](c2ccccc2)N1CC(c1ccccc1)c1ccccc1.F[B-](F)(F)F. The molecular weight excluding hydrogens is 631 g/mol. The van der Waals surface area contributed by atoms with Crippen molar-refractivity contribution in [3.05, 3.63) is 215 Å². The van der Waals surface area contributed by atoms with Crippen LogP contribution in [0.1, 0.15) is 57.3 Å². The maximum absolute atomic E-state index is 9.75. The summed E-state index contributed by atoms with van der Waals surface area (Å²) in [4.78, 5) is 2.62. The lowest BCUT2D eigenvalue weighted by molar-refractivity contribution is -0.565. The van der Waals surface area contributed by atoms with E-state index in [0.717, 1.165) is 13.1 Å². The molecule has 2 atom stereocenters. The second-order valence-electron chi connectivity index (χ2n) is 12.5. The molecule has 0 fully saturated rings. The average molecular weight is 671 g/mol. The minimum Gasteiger partial charge on any atom is -0.418 e. The molecule has 6 aromatic rings. The molecule has 0 unspecified atom stereocenters. The molecule has 7 rings (SSSR count). The highest BCUT2D eigenvalue weighted by molar-refractivity contribution is 6.50. The topological polar surface area (TPSA) is 6.25 Å². The molecule has 2 nitrogen and oxygen atoms in total. The van der Waals surface area contributed by atoms with Crippen molar-refractivity contribution in [2.24, 2.45) is 0 Å². The number of hydrogen-bond acceptors (Lipinski definition) is 1. The predicted molar refractivity (Wildman–Crippen MR) is 196 cm³/mol. The predicted octanol–water partition coefficient (Wildman–Crippen LogP) is 10.8. The van der Waals surface area contributed by atoms with Crippen molar-refractivity contribution >= 4 is 13.6 Å². The Balaban J connectivity index is 0.000000808. The number of rotatable bonds is 10. The van der Waals surface area contributed by atoms with E-state index in [0.29, 0.717) is 0 Å². The Hall–Kier alpha value is -5.43. The molecule has 0 saturated carbocycles. The minimum absolute atomic E-state index is 0.149. The zero-order valence-corrected chi connectivity index (χ0v) is 27.6. The third-order valence-corrected chi connectivity index (χ3v) is 9.19. The molecule has 0 aliphatic carbocycles. The molecule has 7 heteroatoms. The summed E-state index contributed by atoms with van der Waals surface area (Å²) in [7, 11) is -6.00. The van der Waals surface area contributed by atoms with Crippen LogP contribution in [0.15, 0.2) is 182 Å². The zero-order chi connectivity index (χ0) is 34.8. The Morgan fingerprint density at radius 3 is 1.16 bits per heavy atom. The van der Waals surface area contributed by atoms with Gasteiger partial charge in [0, 0.05) is 23.0 Å². The van der Waals surface area contributed by atoms with Gasteiger partial charge >= 0.3 is 7.25 Å². The Labute approximate surface area is 292 Å². The van der Waals surface area contributed by atoms with Crippen LogP contribution >= 0.6 is 0 Å². The van der Waals surface area contributed by atoms with Gasteiger partial charge in [-0.05, 0) is 22.3 Å². The van der Waals surface area contributed by atoms with E-state index >= 15 is 0 Å². The largest absolute Gasteiger partial charge is 0.673 e. The second kappa shape index (κ2) is 16.3. The maximum atomic E-state index is 9.75. The summed E-state index contributed by atoms with van der Waals surface area (Å²) >= 11 is 0. The van der Waals surface area contributed by atoms with Gasteiger partial charge < -0.3 is 17.3 Å². The van der Waals surface area contributed by atoms with Crippen LogP contribution in [0.4, 0.5) is 17.3 Å². The lowest BCUT2D eigenvalue weighted by Gasteiger charge is -2.28. The third-order valence-electron chi connectivity index (χ3n) is 9.19. The van der Waals surface area contributed by atoms with Crippen molar-refractivity contribution in [2.75, 3.05) is 13.1 Å². The fraction of sp³-hybridized carbons (Fsp3) is 0.140. The van der Waals surface area contributed by atoms with Gasteiger partial charge in [-0.1, -0.05) is 182 Å². The highest BCUT2D eigenvalue weighted by atomic mass is 19.5. The van der Waals surface area contributed by atoms with Gasteiger partial charge in [-0.15, -0.1) is 0 Å². The molecule has 1 heterocycles. The number of halogens is 4. The monoisotopic (exact) mass is 670 g/mol. The van der Waals surface area contributed by atoms with E-state index in [4.69, 9.17) is 0 Å². The van der Waals surface area contributed by atoms with Gasteiger partial charge in [0.15, 0.2) is 12.1 Å². The fourth-order valence-electron chi connectivity index (χ4n) is 7.04. The number of nitrogens with zero attached hydrogens (tertiary/aromatic N) is 2. The first-order valence-electron chi connectivity index (χ1n) is 16.9. The van der Waals surface area contributed by atoms with Crippen LogP contribution in [-0.2, 0) is 0 Å². The minimum atomic E-state index is -6.00. The summed E-state index contributed by atoms with van der Waals surface area (Å²) in [5, 5.41) is 0. The van der Waals surface area contributed by atoms with Crippen molar-refractivity contribution in [1.29, 1.82) is 0 Å². The van der Waals surface area contributed by atoms with Crippen LogP contribution in [0.2, 0.25) is 0 Å². The van der Waals surface area contributed by atoms with E-state index in [9.17, 15) is 17.3 Å². The van der Waals surface area contributed by atoms with E-state index in [-0.39, 0.29) is 23.9 Å². The molecule has 0 bridgehead atoms. The van der Waals surface area contributed by atoms with Gasteiger partial charge in [0.25, 0.3) is 0 Å². The van der Waals surface area contributed by atoms with Gasteiger partial charge in [-0.2, -0.15) is 0 Å². The average Bonchev–Trinajstić information content (AvgIpc) is 3.52. The number of benzene rings is 6. The zero-order valence-electron chi connectivity index (χ0n) is 27.6. The Morgan fingerprint density at radius 2 is 0.780 bits per heavy atom. The van der Waals surface area contributed by atoms with Gasteiger partial charge in [0.05, 0.1) is 13.1 Å². The van der Waals surface area contributed by atoms with Gasteiger partial charge in [-0.25, -0.2) is 0 Å². The van der Waals surface area contributed by atoms with Crippen LogP contribution in [0.25, 0.3) is 0 Å². The van der Waals surface area contributed by atoms with Crippen molar-refractivity contribution in [1.82, 2.24) is 4.90 Å². The number of hydrogen-bond donors (Lipinski definition) is 0. The molecular formula is C43H39BF4N2. The van der Waals surface area contributed by atoms with Crippen LogP contribution in [0, 0.1) is 0 Å². The van der Waals surface area contributed by atoms with Gasteiger partial charge in [0.1, 0.15) is 0 Å². The molecule has 252 valence electrons. The lowest BCUT2D eigenvalue weighted by Crippen LogP contribution is -2.31. The van der Waals surface area contributed by atoms with Crippen LogP contribution in [0.5, 0.6) is 0 Å². The third kappa shape index (κ3) is 8.97. The lowest BCUT2D eigenvalue weighted by atomic mass is 9.87.